The molecule has 16 heavy (non-hydrogen) atoms. The summed E-state index contributed by atoms with van der Waals surface area (Å²) in [5, 5.41) is 3.46. The predicted molar refractivity (Wildman–Crippen MR) is 67.3 cm³/mol. The number of hydrogen-bond donors (Lipinski definition) is 1. The molecule has 1 rings (SSSR count). The van der Waals surface area contributed by atoms with Crippen LogP contribution in [0.1, 0.15) is 41.0 Å². The quantitative estimate of drug-likeness (QED) is 0.779. The minimum Gasteiger partial charge on any atom is -0.340 e. The van der Waals surface area contributed by atoms with E-state index in [9.17, 15) is 4.79 Å². The Morgan fingerprint density at radius 3 is 2.50 bits per heavy atom. The van der Waals surface area contributed by atoms with E-state index in [1.54, 1.807) is 0 Å². The van der Waals surface area contributed by atoms with Crippen LogP contribution in [0.4, 0.5) is 0 Å². The second-order valence-corrected chi connectivity index (χ2v) is 6.06. The maximum Gasteiger partial charge on any atom is 0.228 e. The largest absolute Gasteiger partial charge is 0.340 e. The second kappa shape index (κ2) is 5.17. The van der Waals surface area contributed by atoms with Crippen LogP contribution in [0.3, 0.4) is 0 Å². The summed E-state index contributed by atoms with van der Waals surface area (Å²) in [4.78, 5) is 14.2. The predicted octanol–water partition coefficient (Wildman–Crippen LogP) is 1.88. The number of nitrogens with one attached hydrogen (secondary N) is 1. The molecule has 1 aliphatic rings. The fourth-order valence-corrected chi connectivity index (χ4v) is 2.43. The molecule has 3 heteroatoms. The van der Waals surface area contributed by atoms with Gasteiger partial charge in [-0.15, -0.1) is 0 Å². The van der Waals surface area contributed by atoms with Gasteiger partial charge in [-0.05, 0) is 18.9 Å². The highest BCUT2D eigenvalue weighted by atomic mass is 16.2. The molecule has 0 saturated carbocycles. The summed E-state index contributed by atoms with van der Waals surface area (Å²) in [5.74, 6) is 0.881. The van der Waals surface area contributed by atoms with Gasteiger partial charge < -0.3 is 10.2 Å². The number of carbonyl (C=O) groups is 1. The van der Waals surface area contributed by atoms with E-state index < -0.39 is 0 Å². The van der Waals surface area contributed by atoms with Gasteiger partial charge in [0.25, 0.3) is 0 Å². The molecule has 1 fully saturated rings. The van der Waals surface area contributed by atoms with Gasteiger partial charge in [0.1, 0.15) is 0 Å². The molecule has 0 aromatic heterocycles. The monoisotopic (exact) mass is 226 g/mol. The van der Waals surface area contributed by atoms with Crippen LogP contribution in [-0.4, -0.2) is 36.5 Å². The molecule has 0 aromatic carbocycles. The Bertz CT molecular complexity index is 245. The summed E-state index contributed by atoms with van der Waals surface area (Å²) in [5.41, 5.74) is -0.256. The van der Waals surface area contributed by atoms with Gasteiger partial charge >= 0.3 is 0 Å². The fraction of sp³-hybridized carbons (Fsp3) is 0.923. The highest BCUT2D eigenvalue weighted by molar-refractivity contribution is 5.81. The van der Waals surface area contributed by atoms with Gasteiger partial charge in [0.15, 0.2) is 0 Å². The molecular formula is C13H26N2O. The zero-order chi connectivity index (χ0) is 12.3. The molecular weight excluding hydrogens is 200 g/mol. The van der Waals surface area contributed by atoms with Gasteiger partial charge in [-0.25, -0.2) is 0 Å². The first-order valence-corrected chi connectivity index (χ1v) is 6.37. The average molecular weight is 226 g/mol. The van der Waals surface area contributed by atoms with Crippen LogP contribution >= 0.6 is 0 Å². The van der Waals surface area contributed by atoms with Crippen molar-refractivity contribution in [2.45, 2.75) is 47.1 Å². The second-order valence-electron chi connectivity index (χ2n) is 6.06. The van der Waals surface area contributed by atoms with Crippen molar-refractivity contribution >= 4 is 5.91 Å². The highest BCUT2D eigenvalue weighted by Crippen LogP contribution is 2.23. The number of carbonyl (C=O) groups excluding carboxylic acids is 1. The van der Waals surface area contributed by atoms with Crippen LogP contribution in [0.25, 0.3) is 0 Å². The van der Waals surface area contributed by atoms with E-state index in [2.05, 4.69) is 19.2 Å². The van der Waals surface area contributed by atoms with E-state index in [-0.39, 0.29) is 11.3 Å². The lowest BCUT2D eigenvalue weighted by Crippen LogP contribution is -2.53. The molecule has 0 aliphatic carbocycles. The van der Waals surface area contributed by atoms with Crippen LogP contribution in [0.5, 0.6) is 0 Å². The van der Waals surface area contributed by atoms with E-state index in [0.717, 1.165) is 19.6 Å². The molecule has 0 aromatic rings. The van der Waals surface area contributed by atoms with Gasteiger partial charge in [-0.2, -0.15) is 0 Å². The molecule has 3 nitrogen and oxygen atoms in total. The maximum atomic E-state index is 12.2. The average Bonchev–Trinajstić information content (AvgIpc) is 2.14. The molecule has 0 bridgehead atoms. The SMILES string of the molecule is CCNC1CC(C)CN(C(=O)C(C)(C)C)C1. The first kappa shape index (κ1) is 13.5. The van der Waals surface area contributed by atoms with E-state index in [4.69, 9.17) is 0 Å². The Morgan fingerprint density at radius 1 is 1.38 bits per heavy atom. The van der Waals surface area contributed by atoms with Crippen LogP contribution < -0.4 is 5.32 Å². The van der Waals surface area contributed by atoms with E-state index in [1.165, 1.54) is 6.42 Å². The topological polar surface area (TPSA) is 32.3 Å². The molecule has 2 atom stereocenters. The first-order chi connectivity index (χ1) is 7.34. The molecule has 1 saturated heterocycles. The van der Waals surface area contributed by atoms with E-state index in [1.807, 2.05) is 25.7 Å². The summed E-state index contributed by atoms with van der Waals surface area (Å²) < 4.78 is 0. The molecule has 2 unspecified atom stereocenters. The third-order valence-electron chi connectivity index (χ3n) is 3.08. The number of piperidine rings is 1. The van der Waals surface area contributed by atoms with Crippen molar-refractivity contribution in [1.29, 1.82) is 0 Å². The van der Waals surface area contributed by atoms with Crippen molar-refractivity contribution in [2.24, 2.45) is 11.3 Å². The molecule has 0 spiro atoms. The molecule has 0 radical (unpaired) electrons. The molecule has 1 heterocycles. The van der Waals surface area contributed by atoms with Gasteiger partial charge in [-0.1, -0.05) is 34.6 Å². The van der Waals surface area contributed by atoms with E-state index in [0.29, 0.717) is 12.0 Å². The number of likely N-dealkylation sites (N-methyl/N-ethyl adjacent to an activating group) is 1. The summed E-state index contributed by atoms with van der Waals surface area (Å²) in [6.07, 6.45) is 1.18. The van der Waals surface area contributed by atoms with Gasteiger partial charge in [0, 0.05) is 24.5 Å². The first-order valence-electron chi connectivity index (χ1n) is 6.37. The smallest absolute Gasteiger partial charge is 0.228 e. The molecule has 1 N–H and O–H groups in total. The lowest BCUT2D eigenvalue weighted by molar-refractivity contribution is -0.141. The number of nitrogens with zero attached hydrogens (tertiary/aromatic N) is 1. The van der Waals surface area contributed by atoms with Gasteiger partial charge in [0.05, 0.1) is 0 Å². The number of rotatable bonds is 2. The number of likely N-dealkylation sites (tertiary alicyclic amines) is 1. The van der Waals surface area contributed by atoms with Gasteiger partial charge in [-0.3, -0.25) is 4.79 Å². The van der Waals surface area contributed by atoms with Crippen LogP contribution in [0.15, 0.2) is 0 Å². The highest BCUT2D eigenvalue weighted by Gasteiger charge is 2.32. The Labute approximate surface area is 99.6 Å². The Hall–Kier alpha value is -0.570. The zero-order valence-electron chi connectivity index (χ0n) is 11.3. The van der Waals surface area contributed by atoms with Gasteiger partial charge in [0.2, 0.25) is 5.91 Å². The lowest BCUT2D eigenvalue weighted by Gasteiger charge is -2.39. The Kier molecular flexibility index (Phi) is 4.36. The van der Waals surface area contributed by atoms with Crippen LogP contribution in [0.2, 0.25) is 0 Å². The Morgan fingerprint density at radius 2 is 2.00 bits per heavy atom. The van der Waals surface area contributed by atoms with Crippen molar-refractivity contribution in [2.75, 3.05) is 19.6 Å². The fourth-order valence-electron chi connectivity index (χ4n) is 2.43. The van der Waals surface area contributed by atoms with Crippen molar-refractivity contribution in [3.63, 3.8) is 0 Å². The number of amides is 1. The standard InChI is InChI=1S/C13H26N2O/c1-6-14-11-7-10(2)8-15(9-11)12(16)13(3,4)5/h10-11,14H,6-9H2,1-5H3. The number of hydrogen-bond acceptors (Lipinski definition) is 2. The lowest BCUT2D eigenvalue weighted by atomic mass is 9.90. The van der Waals surface area contributed by atoms with E-state index >= 15 is 0 Å². The Balaban J connectivity index is 2.63. The molecule has 94 valence electrons. The van der Waals surface area contributed by atoms with Crippen molar-refractivity contribution in [3.8, 4) is 0 Å². The molecule has 1 aliphatic heterocycles. The summed E-state index contributed by atoms with van der Waals surface area (Å²) in [6, 6.07) is 0.472. The minimum atomic E-state index is -0.256. The van der Waals surface area contributed by atoms with Crippen LogP contribution in [0, 0.1) is 11.3 Å². The normalized spacial score (nSPS) is 26.9. The third-order valence-corrected chi connectivity index (χ3v) is 3.08. The molecule has 1 amide bonds. The summed E-state index contributed by atoms with van der Waals surface area (Å²) >= 11 is 0. The summed E-state index contributed by atoms with van der Waals surface area (Å²) in [7, 11) is 0. The maximum absolute atomic E-state index is 12.2. The van der Waals surface area contributed by atoms with Crippen molar-refractivity contribution < 1.29 is 4.79 Å². The third kappa shape index (κ3) is 3.48. The van der Waals surface area contributed by atoms with Crippen molar-refractivity contribution in [1.82, 2.24) is 10.2 Å². The minimum absolute atomic E-state index is 0.256. The van der Waals surface area contributed by atoms with Crippen molar-refractivity contribution in [3.05, 3.63) is 0 Å². The van der Waals surface area contributed by atoms with Crippen LogP contribution in [-0.2, 0) is 4.79 Å². The zero-order valence-corrected chi connectivity index (χ0v) is 11.3. The summed E-state index contributed by atoms with van der Waals surface area (Å²) in [6.45, 7) is 13.1.